The molecule has 3 saturated carbocycles. The quantitative estimate of drug-likeness (QED) is 0.181. The summed E-state index contributed by atoms with van der Waals surface area (Å²) in [6, 6.07) is 0. The molecule has 6 rings (SSSR count). The smallest absolute Gasteiger partial charge is 0.314 e. The number of carbonyl (C=O) groups excluding carboxylic acids is 1. The van der Waals surface area contributed by atoms with Crippen LogP contribution in [0.2, 0.25) is 0 Å². The van der Waals surface area contributed by atoms with Crippen LogP contribution < -0.4 is 5.32 Å². The molecule has 2 N–H and O–H groups in total. The monoisotopic (exact) mass is 755 g/mol. The predicted octanol–water partition coefficient (Wildman–Crippen LogP) is 8.29. The largest absolute Gasteiger partial charge is 0.465 e. The lowest BCUT2D eigenvalue weighted by molar-refractivity contribution is -0.158. The maximum atomic E-state index is 12.9. The predicted molar refractivity (Wildman–Crippen MR) is 216 cm³/mol. The molecule has 0 radical (unpaired) electrons. The number of allylic oxidation sites excluding steroid dienone is 5. The van der Waals surface area contributed by atoms with E-state index >= 15 is 0 Å². The molecule has 6 aliphatic rings. The van der Waals surface area contributed by atoms with Crippen LogP contribution in [-0.4, -0.2) is 80.8 Å². The number of aliphatic hydroxyl groups excluding tert-OH is 1. The zero-order valence-corrected chi connectivity index (χ0v) is 35.3. The van der Waals surface area contributed by atoms with E-state index in [0.717, 1.165) is 25.9 Å². The van der Waals surface area contributed by atoms with E-state index in [1.165, 1.54) is 74.5 Å². The van der Waals surface area contributed by atoms with Crippen molar-refractivity contribution in [2.24, 2.45) is 51.2 Å². The molecule has 8 heteroatoms. The minimum atomic E-state index is -2.87. The zero-order chi connectivity index (χ0) is 38.5. The van der Waals surface area contributed by atoms with E-state index in [2.05, 4.69) is 70.5 Å². The molecule has 0 aromatic heterocycles. The molecule has 0 amide bonds. The molecule has 0 spiro atoms. The summed E-state index contributed by atoms with van der Waals surface area (Å²) in [6.45, 7) is 24.9. The van der Waals surface area contributed by atoms with Crippen LogP contribution >= 0.6 is 0 Å². The Labute approximate surface area is 323 Å². The highest BCUT2D eigenvalue weighted by Gasteiger charge is 2.60. The van der Waals surface area contributed by atoms with E-state index in [1.54, 1.807) is 0 Å². The summed E-state index contributed by atoms with van der Waals surface area (Å²) < 4.78 is 29.5. The Hall–Kier alpha value is -1.48. The fourth-order valence-corrected chi connectivity index (χ4v) is 14.7. The van der Waals surface area contributed by atoms with Crippen molar-refractivity contribution in [2.45, 2.75) is 137 Å². The Balaban J connectivity index is 1.22. The lowest BCUT2D eigenvalue weighted by Crippen LogP contribution is -2.57. The number of aliphatic hydroxyl groups is 1. The molecule has 0 aromatic rings. The molecule has 0 bridgehead atoms. The first-order chi connectivity index (χ1) is 25.0. The van der Waals surface area contributed by atoms with Crippen LogP contribution in [0.5, 0.6) is 0 Å². The van der Waals surface area contributed by atoms with Crippen LogP contribution in [-0.2, 0) is 19.4 Å². The summed E-state index contributed by atoms with van der Waals surface area (Å²) in [5.74, 6) is 3.38. The van der Waals surface area contributed by atoms with Gasteiger partial charge in [0.15, 0.2) is 9.84 Å². The van der Waals surface area contributed by atoms with Crippen molar-refractivity contribution < 1.29 is 23.1 Å². The van der Waals surface area contributed by atoms with Crippen molar-refractivity contribution in [1.29, 1.82) is 0 Å². The number of esters is 1. The first-order valence-corrected chi connectivity index (χ1v) is 23.3. The van der Waals surface area contributed by atoms with Gasteiger partial charge >= 0.3 is 5.97 Å². The maximum Gasteiger partial charge on any atom is 0.314 e. The summed E-state index contributed by atoms with van der Waals surface area (Å²) in [5.41, 5.74) is 4.10. The van der Waals surface area contributed by atoms with E-state index in [4.69, 9.17) is 4.74 Å². The number of carbonyl (C=O) groups is 1. The second-order valence-corrected chi connectivity index (χ2v) is 22.1. The van der Waals surface area contributed by atoms with Crippen molar-refractivity contribution in [2.75, 3.05) is 50.9 Å². The lowest BCUT2D eigenvalue weighted by Gasteiger charge is -2.64. The Kier molecular flexibility index (Phi) is 12.0. The number of fused-ring (bicyclic) bond motifs is 4. The Morgan fingerprint density at radius 3 is 2.32 bits per heavy atom. The number of nitrogens with zero attached hydrogens (tertiary/aromatic N) is 1. The summed E-state index contributed by atoms with van der Waals surface area (Å²) in [6.07, 6.45) is 19.2. The highest BCUT2D eigenvalue weighted by Crippen LogP contribution is 2.68. The van der Waals surface area contributed by atoms with Gasteiger partial charge in [-0.05, 0) is 148 Å². The average molecular weight is 755 g/mol. The normalized spacial score (nSPS) is 41.5. The third-order valence-corrected chi connectivity index (χ3v) is 18.5. The van der Waals surface area contributed by atoms with Gasteiger partial charge in [-0.3, -0.25) is 4.79 Å². The van der Waals surface area contributed by atoms with E-state index in [-0.39, 0.29) is 34.4 Å². The number of hydrogen-bond acceptors (Lipinski definition) is 7. The molecule has 4 fully saturated rings. The molecular formula is C45H74N2O5S. The van der Waals surface area contributed by atoms with Crippen LogP contribution in [0, 0.1) is 51.2 Å². The van der Waals surface area contributed by atoms with Gasteiger partial charge in [-0.1, -0.05) is 65.3 Å². The molecule has 300 valence electrons. The molecule has 9 atom stereocenters. The number of nitrogens with one attached hydrogen (secondary N) is 1. The van der Waals surface area contributed by atoms with Gasteiger partial charge in [0.2, 0.25) is 0 Å². The number of ether oxygens (including phenoxy) is 1. The van der Waals surface area contributed by atoms with Crippen molar-refractivity contribution >= 4 is 15.8 Å². The fraction of sp³-hybridized carbons (Fsp3) is 0.844. The van der Waals surface area contributed by atoms with Crippen LogP contribution in [0.15, 0.2) is 35.5 Å². The summed E-state index contributed by atoms with van der Waals surface area (Å²) >= 11 is 0. The minimum Gasteiger partial charge on any atom is -0.465 e. The minimum absolute atomic E-state index is 0.0377. The van der Waals surface area contributed by atoms with Crippen molar-refractivity contribution in [3.63, 3.8) is 0 Å². The van der Waals surface area contributed by atoms with Gasteiger partial charge in [0.25, 0.3) is 0 Å². The summed E-state index contributed by atoms with van der Waals surface area (Å²) in [5, 5.41) is 14.5. The topological polar surface area (TPSA) is 95.9 Å². The van der Waals surface area contributed by atoms with E-state index in [1.807, 2.05) is 6.92 Å². The third kappa shape index (κ3) is 7.55. The zero-order valence-electron chi connectivity index (χ0n) is 34.5. The Morgan fingerprint density at radius 2 is 1.68 bits per heavy atom. The maximum absolute atomic E-state index is 12.9. The second kappa shape index (κ2) is 15.5. The van der Waals surface area contributed by atoms with Crippen molar-refractivity contribution in [3.05, 3.63) is 35.5 Å². The van der Waals surface area contributed by atoms with Crippen molar-refractivity contribution in [3.8, 4) is 0 Å². The molecular weight excluding hydrogens is 681 g/mol. The molecule has 7 nitrogen and oxygen atoms in total. The van der Waals surface area contributed by atoms with Crippen molar-refractivity contribution in [1.82, 2.24) is 10.2 Å². The second-order valence-electron chi connectivity index (χ2n) is 19.8. The Bertz CT molecular complexity index is 1540. The SMILES string of the molecule is C=C(C)[C@@H]1CC[C@]2(NCCN3CCS(=O)(=O)CC3)CC[C@@H](C)[C@]3(C)CCC4C(C)(C)C(C5=CCC(CO)(C(=O)OCC)CC5)=CC[C@]4(C)C3CCCC12. The molecule has 1 aliphatic heterocycles. The number of rotatable bonds is 9. The number of hydrogen-bond donors (Lipinski definition) is 2. The van der Waals surface area contributed by atoms with Gasteiger partial charge in [-0.25, -0.2) is 8.42 Å². The van der Waals surface area contributed by atoms with E-state index < -0.39 is 15.3 Å². The van der Waals surface area contributed by atoms with Gasteiger partial charge in [0.05, 0.1) is 30.1 Å². The van der Waals surface area contributed by atoms with Gasteiger partial charge in [0.1, 0.15) is 0 Å². The highest BCUT2D eigenvalue weighted by atomic mass is 32.2. The summed E-state index contributed by atoms with van der Waals surface area (Å²) in [7, 11) is -2.87. The Morgan fingerprint density at radius 1 is 0.962 bits per heavy atom. The molecule has 1 heterocycles. The molecule has 53 heavy (non-hydrogen) atoms. The standard InChI is InChI=1S/C45H74N2O5S/c1-9-52-40(49)44(31-48)21-14-34(15-22-44)36-17-19-43(8)38(41(36,5)6)18-20-42(7)33(4)13-23-45(46-25-26-47-27-29-53(50,51)30-28-47)24-16-35(32(2)3)37(45)11-10-12-39(42)43/h14,17,33,35,37-39,46,48H,2,9-13,15-16,18-31H2,1,3-8H3/t33-,35+,37?,38?,39?,42+,43+,44?,45-/m1/s1. The van der Waals surface area contributed by atoms with Gasteiger partial charge in [-0.2, -0.15) is 0 Å². The lowest BCUT2D eigenvalue weighted by atomic mass is 9.40. The third-order valence-electron chi connectivity index (χ3n) is 16.9. The highest BCUT2D eigenvalue weighted by molar-refractivity contribution is 7.91. The fourth-order valence-electron chi connectivity index (χ4n) is 13.5. The summed E-state index contributed by atoms with van der Waals surface area (Å²) in [4.78, 5) is 15.2. The van der Waals surface area contributed by atoms with Gasteiger partial charge in [0, 0.05) is 31.7 Å². The first kappa shape index (κ1) is 41.2. The number of sulfone groups is 1. The van der Waals surface area contributed by atoms with E-state index in [9.17, 15) is 18.3 Å². The molecule has 4 unspecified atom stereocenters. The van der Waals surface area contributed by atoms with Crippen LogP contribution in [0.3, 0.4) is 0 Å². The van der Waals surface area contributed by atoms with Gasteiger partial charge < -0.3 is 20.1 Å². The van der Waals surface area contributed by atoms with Crippen LogP contribution in [0.4, 0.5) is 0 Å². The van der Waals surface area contributed by atoms with Crippen LogP contribution in [0.1, 0.15) is 132 Å². The first-order valence-electron chi connectivity index (χ1n) is 21.5. The average Bonchev–Trinajstić information content (AvgIpc) is 3.47. The molecule has 5 aliphatic carbocycles. The van der Waals surface area contributed by atoms with Crippen LogP contribution in [0.25, 0.3) is 0 Å². The van der Waals surface area contributed by atoms with E-state index in [0.29, 0.717) is 73.6 Å². The molecule has 1 saturated heterocycles. The van der Waals surface area contributed by atoms with Gasteiger partial charge in [-0.15, -0.1) is 0 Å². The molecule has 0 aromatic carbocycles.